The standard InChI is InChI=1S/C16H25N/c1-11(2)12-6-7-14-13(10-12)15(17-5)8-9-16(14,3)4/h6-7,10-11,15,17H,8-9H2,1-5H3. The fourth-order valence-corrected chi connectivity index (χ4v) is 2.94. The SMILES string of the molecule is CNC1CCC(C)(C)c2ccc(C(C)C)cc21. The smallest absolute Gasteiger partial charge is 0.0320 e. The van der Waals surface area contributed by atoms with Gasteiger partial charge in [0.05, 0.1) is 0 Å². The monoisotopic (exact) mass is 231 g/mol. The fourth-order valence-electron chi connectivity index (χ4n) is 2.94. The van der Waals surface area contributed by atoms with Crippen LogP contribution in [0.1, 0.15) is 69.2 Å². The Morgan fingerprint density at radius 3 is 2.59 bits per heavy atom. The zero-order valence-corrected chi connectivity index (χ0v) is 11.8. The van der Waals surface area contributed by atoms with Crippen LogP contribution in [0.5, 0.6) is 0 Å². The topological polar surface area (TPSA) is 12.0 Å². The molecule has 0 aliphatic heterocycles. The first-order chi connectivity index (χ1) is 7.95. The molecule has 1 heteroatoms. The third-order valence-corrected chi connectivity index (χ3v) is 4.25. The first-order valence-electron chi connectivity index (χ1n) is 6.77. The quantitative estimate of drug-likeness (QED) is 0.806. The molecule has 1 aromatic rings. The minimum absolute atomic E-state index is 0.332. The van der Waals surface area contributed by atoms with Crippen molar-refractivity contribution in [3.63, 3.8) is 0 Å². The summed E-state index contributed by atoms with van der Waals surface area (Å²) in [6.07, 6.45) is 2.52. The van der Waals surface area contributed by atoms with Crippen molar-refractivity contribution >= 4 is 0 Å². The van der Waals surface area contributed by atoms with Gasteiger partial charge < -0.3 is 5.32 Å². The summed E-state index contributed by atoms with van der Waals surface area (Å²) in [5.74, 6) is 0.614. The van der Waals surface area contributed by atoms with Crippen LogP contribution in [0.2, 0.25) is 0 Å². The fraction of sp³-hybridized carbons (Fsp3) is 0.625. The molecule has 1 N–H and O–H groups in total. The maximum Gasteiger partial charge on any atom is 0.0320 e. The van der Waals surface area contributed by atoms with Crippen molar-refractivity contribution in [2.45, 2.75) is 57.9 Å². The molecule has 2 rings (SSSR count). The van der Waals surface area contributed by atoms with Gasteiger partial charge >= 0.3 is 0 Å². The Balaban J connectivity index is 2.51. The van der Waals surface area contributed by atoms with Gasteiger partial charge in [0.2, 0.25) is 0 Å². The predicted molar refractivity (Wildman–Crippen MR) is 74.6 cm³/mol. The van der Waals surface area contributed by atoms with Crippen molar-refractivity contribution in [2.24, 2.45) is 0 Å². The van der Waals surface area contributed by atoms with Crippen LogP contribution in [0, 0.1) is 0 Å². The molecule has 0 amide bonds. The van der Waals surface area contributed by atoms with Crippen LogP contribution in [-0.2, 0) is 5.41 Å². The van der Waals surface area contributed by atoms with Crippen molar-refractivity contribution in [1.82, 2.24) is 5.32 Å². The van der Waals surface area contributed by atoms with Gasteiger partial charge in [0, 0.05) is 6.04 Å². The van der Waals surface area contributed by atoms with Gasteiger partial charge in [-0.15, -0.1) is 0 Å². The van der Waals surface area contributed by atoms with Crippen molar-refractivity contribution in [2.75, 3.05) is 7.05 Å². The Morgan fingerprint density at radius 2 is 2.00 bits per heavy atom. The van der Waals surface area contributed by atoms with Crippen LogP contribution in [0.4, 0.5) is 0 Å². The zero-order valence-electron chi connectivity index (χ0n) is 11.8. The van der Waals surface area contributed by atoms with Gasteiger partial charge in [-0.05, 0) is 47.9 Å². The lowest BCUT2D eigenvalue weighted by Crippen LogP contribution is -2.31. The summed E-state index contributed by atoms with van der Waals surface area (Å²) in [6, 6.07) is 7.62. The second-order valence-electron chi connectivity index (χ2n) is 6.27. The molecule has 1 atom stereocenters. The van der Waals surface area contributed by atoms with Crippen LogP contribution < -0.4 is 5.32 Å². The highest BCUT2D eigenvalue weighted by atomic mass is 14.9. The van der Waals surface area contributed by atoms with Gasteiger partial charge in [-0.1, -0.05) is 45.9 Å². The van der Waals surface area contributed by atoms with Crippen LogP contribution in [-0.4, -0.2) is 7.05 Å². The van der Waals surface area contributed by atoms with Crippen LogP contribution in [0.25, 0.3) is 0 Å². The summed E-state index contributed by atoms with van der Waals surface area (Å²) in [5, 5.41) is 3.46. The molecule has 0 saturated carbocycles. The van der Waals surface area contributed by atoms with E-state index in [4.69, 9.17) is 0 Å². The number of fused-ring (bicyclic) bond motifs is 1. The van der Waals surface area contributed by atoms with E-state index in [9.17, 15) is 0 Å². The van der Waals surface area contributed by atoms with Gasteiger partial charge in [-0.3, -0.25) is 0 Å². The van der Waals surface area contributed by atoms with E-state index in [1.54, 1.807) is 0 Å². The van der Waals surface area contributed by atoms with Crippen LogP contribution in [0.15, 0.2) is 18.2 Å². The Hall–Kier alpha value is -0.820. The molecular formula is C16H25N. The average molecular weight is 231 g/mol. The Kier molecular flexibility index (Phi) is 3.31. The third kappa shape index (κ3) is 2.26. The number of rotatable bonds is 2. The number of hydrogen-bond donors (Lipinski definition) is 1. The molecule has 0 fully saturated rings. The van der Waals surface area contributed by atoms with E-state index in [0.29, 0.717) is 17.4 Å². The molecule has 0 spiro atoms. The highest BCUT2D eigenvalue weighted by Gasteiger charge is 2.32. The van der Waals surface area contributed by atoms with Crippen LogP contribution >= 0.6 is 0 Å². The van der Waals surface area contributed by atoms with Crippen molar-refractivity contribution in [3.8, 4) is 0 Å². The summed E-state index contributed by atoms with van der Waals surface area (Å²) in [5.41, 5.74) is 4.85. The molecule has 94 valence electrons. The first-order valence-corrected chi connectivity index (χ1v) is 6.77. The molecular weight excluding hydrogens is 206 g/mol. The lowest BCUT2D eigenvalue weighted by Gasteiger charge is -2.37. The number of nitrogens with one attached hydrogen (secondary N) is 1. The minimum Gasteiger partial charge on any atom is -0.313 e. The largest absolute Gasteiger partial charge is 0.313 e. The molecule has 17 heavy (non-hydrogen) atoms. The zero-order chi connectivity index (χ0) is 12.6. The van der Waals surface area contributed by atoms with E-state index in [1.807, 2.05) is 0 Å². The molecule has 0 heterocycles. The lowest BCUT2D eigenvalue weighted by molar-refractivity contribution is 0.370. The highest BCUT2D eigenvalue weighted by Crippen LogP contribution is 2.42. The third-order valence-electron chi connectivity index (χ3n) is 4.25. The van der Waals surface area contributed by atoms with Gasteiger partial charge in [0.15, 0.2) is 0 Å². The molecule has 1 unspecified atom stereocenters. The molecule has 0 aromatic heterocycles. The summed E-state index contributed by atoms with van der Waals surface area (Å²) >= 11 is 0. The highest BCUT2D eigenvalue weighted by molar-refractivity contribution is 5.41. The first kappa shape index (κ1) is 12.6. The van der Waals surface area contributed by atoms with E-state index in [-0.39, 0.29) is 0 Å². The number of benzene rings is 1. The Bertz CT molecular complexity index is 404. The molecule has 0 bridgehead atoms. The predicted octanol–water partition coefficient (Wildman–Crippen LogP) is 4.14. The van der Waals surface area contributed by atoms with Gasteiger partial charge in [-0.25, -0.2) is 0 Å². The summed E-state index contributed by atoms with van der Waals surface area (Å²) < 4.78 is 0. The molecule has 1 aromatic carbocycles. The Labute approximate surface area is 106 Å². The van der Waals surface area contributed by atoms with E-state index < -0.39 is 0 Å². The van der Waals surface area contributed by atoms with Crippen LogP contribution in [0.3, 0.4) is 0 Å². The molecule has 1 aliphatic rings. The van der Waals surface area contributed by atoms with E-state index in [0.717, 1.165) is 0 Å². The van der Waals surface area contributed by atoms with Gasteiger partial charge in [0.1, 0.15) is 0 Å². The van der Waals surface area contributed by atoms with E-state index >= 15 is 0 Å². The maximum absolute atomic E-state index is 3.46. The second-order valence-corrected chi connectivity index (χ2v) is 6.27. The van der Waals surface area contributed by atoms with E-state index in [2.05, 4.69) is 58.3 Å². The summed E-state index contributed by atoms with van der Waals surface area (Å²) in [7, 11) is 2.08. The lowest BCUT2D eigenvalue weighted by atomic mass is 9.70. The molecule has 1 aliphatic carbocycles. The van der Waals surface area contributed by atoms with Crippen molar-refractivity contribution < 1.29 is 0 Å². The van der Waals surface area contributed by atoms with Gasteiger partial charge in [0.25, 0.3) is 0 Å². The van der Waals surface area contributed by atoms with Crippen molar-refractivity contribution in [3.05, 3.63) is 34.9 Å². The normalized spacial score (nSPS) is 22.6. The second kappa shape index (κ2) is 4.45. The maximum atomic E-state index is 3.46. The average Bonchev–Trinajstić information content (AvgIpc) is 2.28. The van der Waals surface area contributed by atoms with Crippen molar-refractivity contribution in [1.29, 1.82) is 0 Å². The molecule has 1 nitrogen and oxygen atoms in total. The summed E-state index contributed by atoms with van der Waals surface area (Å²) in [4.78, 5) is 0. The van der Waals surface area contributed by atoms with E-state index in [1.165, 1.54) is 29.5 Å². The molecule has 0 saturated heterocycles. The molecule has 0 radical (unpaired) electrons. The summed E-state index contributed by atoms with van der Waals surface area (Å²) in [6.45, 7) is 9.27. The Morgan fingerprint density at radius 1 is 1.29 bits per heavy atom. The van der Waals surface area contributed by atoms with Gasteiger partial charge in [-0.2, -0.15) is 0 Å². The minimum atomic E-state index is 0.332. The number of hydrogen-bond acceptors (Lipinski definition) is 1.